The average Bonchev–Trinajstić information content (AvgIpc) is 2.92. The summed E-state index contributed by atoms with van der Waals surface area (Å²) in [5.74, 6) is 1.32. The van der Waals surface area contributed by atoms with Crippen molar-refractivity contribution in [2.24, 2.45) is 0 Å². The van der Waals surface area contributed by atoms with Gasteiger partial charge < -0.3 is 9.47 Å². The first kappa shape index (κ1) is 19.5. The second-order valence-corrected chi connectivity index (χ2v) is 7.59. The van der Waals surface area contributed by atoms with Gasteiger partial charge in [-0.1, -0.05) is 41.7 Å². The summed E-state index contributed by atoms with van der Waals surface area (Å²) in [7, 11) is 0. The maximum Gasteiger partial charge on any atom is 0.270 e. The van der Waals surface area contributed by atoms with E-state index in [1.807, 2.05) is 69.3 Å². The third-order valence-corrected chi connectivity index (χ3v) is 5.27. The number of carbonyl (C=O) groups is 1. The first-order valence-corrected chi connectivity index (χ1v) is 10.00. The number of hydrogen-bond donors (Lipinski definition) is 0. The van der Waals surface area contributed by atoms with Gasteiger partial charge in [0.25, 0.3) is 5.91 Å². The number of benzene rings is 2. The van der Waals surface area contributed by atoms with E-state index in [0.29, 0.717) is 28.2 Å². The monoisotopic (exact) mass is 399 g/mol. The van der Waals surface area contributed by atoms with Gasteiger partial charge in [-0.25, -0.2) is 0 Å². The molecule has 0 bridgehead atoms. The number of rotatable bonds is 6. The van der Waals surface area contributed by atoms with Crippen molar-refractivity contribution >= 4 is 46.0 Å². The maximum atomic E-state index is 13.0. The fourth-order valence-corrected chi connectivity index (χ4v) is 4.00. The zero-order chi connectivity index (χ0) is 19.4. The maximum absolute atomic E-state index is 13.0. The lowest BCUT2D eigenvalue weighted by Crippen LogP contribution is -2.27. The van der Waals surface area contributed by atoms with Crippen LogP contribution in [-0.2, 0) is 4.79 Å². The van der Waals surface area contributed by atoms with Gasteiger partial charge in [0.05, 0.1) is 23.8 Å². The highest BCUT2D eigenvalue weighted by atomic mass is 32.2. The van der Waals surface area contributed by atoms with Crippen LogP contribution in [0.25, 0.3) is 6.08 Å². The molecule has 2 aromatic carbocycles. The molecule has 140 valence electrons. The van der Waals surface area contributed by atoms with Gasteiger partial charge in [0.2, 0.25) is 0 Å². The Morgan fingerprint density at radius 3 is 2.44 bits per heavy atom. The van der Waals surface area contributed by atoms with Crippen LogP contribution >= 0.6 is 24.0 Å². The number of carbonyl (C=O) groups excluding carboxylic acids is 1. The van der Waals surface area contributed by atoms with Gasteiger partial charge in [0.15, 0.2) is 4.32 Å². The summed E-state index contributed by atoms with van der Waals surface area (Å²) in [5.41, 5.74) is 2.71. The molecule has 1 aliphatic heterocycles. The van der Waals surface area contributed by atoms with Gasteiger partial charge in [-0.15, -0.1) is 0 Å². The highest BCUT2D eigenvalue weighted by Gasteiger charge is 2.33. The van der Waals surface area contributed by atoms with Crippen LogP contribution in [0.5, 0.6) is 11.5 Å². The van der Waals surface area contributed by atoms with Crippen LogP contribution in [0.3, 0.4) is 0 Å². The van der Waals surface area contributed by atoms with Crippen LogP contribution in [-0.4, -0.2) is 23.4 Å². The molecular weight excluding hydrogens is 378 g/mol. The van der Waals surface area contributed by atoms with Crippen LogP contribution in [0.1, 0.15) is 25.0 Å². The van der Waals surface area contributed by atoms with Crippen molar-refractivity contribution in [1.82, 2.24) is 0 Å². The van der Waals surface area contributed by atoms with Gasteiger partial charge in [-0.2, -0.15) is 0 Å². The summed E-state index contributed by atoms with van der Waals surface area (Å²) in [6, 6.07) is 13.4. The molecule has 1 aliphatic rings. The Morgan fingerprint density at radius 2 is 1.78 bits per heavy atom. The molecule has 1 saturated heterocycles. The molecule has 1 fully saturated rings. The first-order chi connectivity index (χ1) is 13.0. The van der Waals surface area contributed by atoms with Crippen LogP contribution < -0.4 is 14.4 Å². The number of thioether (sulfide) groups is 1. The second kappa shape index (κ2) is 8.59. The van der Waals surface area contributed by atoms with Crippen LogP contribution in [0.15, 0.2) is 47.4 Å². The van der Waals surface area contributed by atoms with E-state index in [0.717, 1.165) is 22.6 Å². The fourth-order valence-electron chi connectivity index (χ4n) is 2.71. The molecule has 0 radical (unpaired) electrons. The smallest absolute Gasteiger partial charge is 0.270 e. The molecule has 0 aromatic heterocycles. The van der Waals surface area contributed by atoms with E-state index in [4.69, 9.17) is 21.7 Å². The molecule has 27 heavy (non-hydrogen) atoms. The van der Waals surface area contributed by atoms with Gasteiger partial charge in [0.1, 0.15) is 11.5 Å². The minimum atomic E-state index is -0.127. The number of thiocarbonyl (C=S) groups is 1. The molecule has 4 nitrogen and oxygen atoms in total. The minimum absolute atomic E-state index is 0.127. The van der Waals surface area contributed by atoms with E-state index >= 15 is 0 Å². The molecule has 6 heteroatoms. The van der Waals surface area contributed by atoms with Crippen molar-refractivity contribution in [3.05, 3.63) is 58.5 Å². The van der Waals surface area contributed by atoms with Crippen molar-refractivity contribution in [1.29, 1.82) is 0 Å². The number of amides is 1. The van der Waals surface area contributed by atoms with Crippen molar-refractivity contribution in [2.75, 3.05) is 18.1 Å². The quantitative estimate of drug-likeness (QED) is 0.493. The normalized spacial score (nSPS) is 15.5. The van der Waals surface area contributed by atoms with E-state index in [-0.39, 0.29) is 5.91 Å². The first-order valence-electron chi connectivity index (χ1n) is 8.77. The molecule has 0 unspecified atom stereocenters. The molecule has 0 atom stereocenters. The lowest BCUT2D eigenvalue weighted by molar-refractivity contribution is -0.113. The summed E-state index contributed by atoms with van der Waals surface area (Å²) >= 11 is 6.74. The zero-order valence-corrected chi connectivity index (χ0v) is 17.2. The summed E-state index contributed by atoms with van der Waals surface area (Å²) in [6.45, 7) is 6.98. The number of hydrogen-bond acceptors (Lipinski definition) is 5. The van der Waals surface area contributed by atoms with E-state index in [2.05, 4.69) is 0 Å². The predicted molar refractivity (Wildman–Crippen MR) is 116 cm³/mol. The molecule has 0 spiro atoms. The van der Waals surface area contributed by atoms with E-state index in [1.54, 1.807) is 4.90 Å². The van der Waals surface area contributed by atoms with Gasteiger partial charge in [-0.05, 0) is 57.2 Å². The molecule has 1 heterocycles. The predicted octanol–water partition coefficient (Wildman–Crippen LogP) is 5.20. The van der Waals surface area contributed by atoms with Crippen LogP contribution in [0.4, 0.5) is 5.69 Å². The minimum Gasteiger partial charge on any atom is -0.494 e. The molecule has 0 N–H and O–H groups in total. The Morgan fingerprint density at radius 1 is 1.07 bits per heavy atom. The van der Waals surface area contributed by atoms with Crippen molar-refractivity contribution < 1.29 is 14.3 Å². The lowest BCUT2D eigenvalue weighted by atomic mass is 10.1. The Hall–Kier alpha value is -2.31. The molecule has 3 rings (SSSR count). The highest BCUT2D eigenvalue weighted by molar-refractivity contribution is 8.27. The topological polar surface area (TPSA) is 38.8 Å². The SMILES string of the molecule is CCOc1ccc(OCC)c(/C=C2\SC(=S)N(c3ccc(C)cc3)C2=O)c1. The highest BCUT2D eigenvalue weighted by Crippen LogP contribution is 2.37. The molecule has 0 aliphatic carbocycles. The van der Waals surface area contributed by atoms with Gasteiger partial charge in [-0.3, -0.25) is 9.69 Å². The average molecular weight is 400 g/mol. The van der Waals surface area contributed by atoms with E-state index < -0.39 is 0 Å². The Bertz CT molecular complexity index is 891. The number of nitrogens with zero attached hydrogens (tertiary/aromatic N) is 1. The third kappa shape index (κ3) is 4.34. The summed E-state index contributed by atoms with van der Waals surface area (Å²) in [6.07, 6.45) is 1.82. The summed E-state index contributed by atoms with van der Waals surface area (Å²) in [4.78, 5) is 15.1. The van der Waals surface area contributed by atoms with Crippen LogP contribution in [0.2, 0.25) is 0 Å². The Balaban J connectivity index is 1.95. The number of anilines is 1. The Labute approximate surface area is 169 Å². The lowest BCUT2D eigenvalue weighted by Gasteiger charge is -2.14. The van der Waals surface area contributed by atoms with Gasteiger partial charge >= 0.3 is 0 Å². The Kier molecular flexibility index (Phi) is 6.19. The standard InChI is InChI=1S/C21H21NO3S2/c1-4-24-17-10-11-18(25-5-2)15(12-17)13-19-20(23)22(21(26)27-19)16-8-6-14(3)7-9-16/h6-13H,4-5H2,1-3H3/b19-13-. The van der Waals surface area contributed by atoms with Crippen molar-refractivity contribution in [3.8, 4) is 11.5 Å². The number of ether oxygens (including phenoxy) is 2. The van der Waals surface area contributed by atoms with E-state index in [9.17, 15) is 4.79 Å². The molecular formula is C21H21NO3S2. The fraction of sp³-hybridized carbons (Fsp3) is 0.238. The van der Waals surface area contributed by atoms with E-state index in [1.165, 1.54) is 11.8 Å². The third-order valence-electron chi connectivity index (χ3n) is 3.96. The summed E-state index contributed by atoms with van der Waals surface area (Å²) < 4.78 is 11.8. The molecule has 1 amide bonds. The van der Waals surface area contributed by atoms with Crippen molar-refractivity contribution in [3.63, 3.8) is 0 Å². The zero-order valence-electron chi connectivity index (χ0n) is 15.5. The largest absolute Gasteiger partial charge is 0.494 e. The summed E-state index contributed by atoms with van der Waals surface area (Å²) in [5, 5.41) is 0. The number of aryl methyl sites for hydroxylation is 1. The molecule has 0 saturated carbocycles. The molecule has 2 aromatic rings. The van der Waals surface area contributed by atoms with Crippen LogP contribution in [0, 0.1) is 6.92 Å². The second-order valence-electron chi connectivity index (χ2n) is 5.92. The van der Waals surface area contributed by atoms with Crippen molar-refractivity contribution in [2.45, 2.75) is 20.8 Å². The van der Waals surface area contributed by atoms with Gasteiger partial charge in [0, 0.05) is 5.56 Å².